The molecule has 0 radical (unpaired) electrons. The summed E-state index contributed by atoms with van der Waals surface area (Å²) in [4.78, 5) is 11.9. The lowest BCUT2D eigenvalue weighted by Crippen LogP contribution is -2.44. The number of carbonyl (C=O) groups is 1. The van der Waals surface area contributed by atoms with E-state index in [0.29, 0.717) is 0 Å². The second-order valence-electron chi connectivity index (χ2n) is 6.26. The fourth-order valence-electron chi connectivity index (χ4n) is 2.78. The van der Waals surface area contributed by atoms with Gasteiger partial charge < -0.3 is 5.11 Å². The predicted molar refractivity (Wildman–Crippen MR) is 97.2 cm³/mol. The summed E-state index contributed by atoms with van der Waals surface area (Å²) in [5.74, 6) is -1.17. The molecule has 0 aromatic heterocycles. The van der Waals surface area contributed by atoms with E-state index < -0.39 is 22.0 Å². The SMILES string of the molecule is Cc1ccc(S(=O)(=O)N(C)C(Cc2c(C)cccc2C)C(=O)O)cc1. The highest BCUT2D eigenvalue weighted by Crippen LogP contribution is 2.22. The van der Waals surface area contributed by atoms with Gasteiger partial charge in [0.15, 0.2) is 0 Å². The molecule has 5 nitrogen and oxygen atoms in total. The van der Waals surface area contributed by atoms with Crippen LogP contribution in [0.15, 0.2) is 47.4 Å². The van der Waals surface area contributed by atoms with E-state index in [2.05, 4.69) is 0 Å². The van der Waals surface area contributed by atoms with Crippen molar-refractivity contribution in [2.45, 2.75) is 38.1 Å². The van der Waals surface area contributed by atoms with E-state index in [1.54, 1.807) is 12.1 Å². The highest BCUT2D eigenvalue weighted by atomic mass is 32.2. The molecule has 0 saturated carbocycles. The van der Waals surface area contributed by atoms with Crippen LogP contribution in [0.25, 0.3) is 0 Å². The first-order valence-electron chi connectivity index (χ1n) is 7.97. The van der Waals surface area contributed by atoms with Crippen LogP contribution in [-0.2, 0) is 21.2 Å². The van der Waals surface area contributed by atoms with Crippen molar-refractivity contribution in [1.82, 2.24) is 4.31 Å². The summed E-state index contributed by atoms with van der Waals surface area (Å²) in [7, 11) is -2.57. The molecule has 6 heteroatoms. The number of hydrogen-bond acceptors (Lipinski definition) is 3. The Hall–Kier alpha value is -2.18. The maximum Gasteiger partial charge on any atom is 0.322 e. The molecule has 1 atom stereocenters. The van der Waals surface area contributed by atoms with E-state index in [0.717, 1.165) is 26.6 Å². The largest absolute Gasteiger partial charge is 0.480 e. The van der Waals surface area contributed by atoms with Crippen molar-refractivity contribution in [2.75, 3.05) is 7.05 Å². The molecule has 134 valence electrons. The van der Waals surface area contributed by atoms with Crippen molar-refractivity contribution in [3.05, 3.63) is 64.7 Å². The Balaban J connectivity index is 2.39. The predicted octanol–water partition coefficient (Wildman–Crippen LogP) is 2.93. The molecule has 2 aromatic carbocycles. The number of hydrogen-bond donors (Lipinski definition) is 1. The van der Waals surface area contributed by atoms with Crippen molar-refractivity contribution in [2.24, 2.45) is 0 Å². The van der Waals surface area contributed by atoms with Gasteiger partial charge in [0.25, 0.3) is 0 Å². The van der Waals surface area contributed by atoms with E-state index >= 15 is 0 Å². The topological polar surface area (TPSA) is 74.7 Å². The van der Waals surface area contributed by atoms with Crippen molar-refractivity contribution < 1.29 is 18.3 Å². The minimum atomic E-state index is -3.89. The maximum atomic E-state index is 12.8. The summed E-state index contributed by atoms with van der Waals surface area (Å²) in [5, 5.41) is 9.64. The second-order valence-corrected chi connectivity index (χ2v) is 8.26. The van der Waals surface area contributed by atoms with Crippen LogP contribution in [0.2, 0.25) is 0 Å². The Bertz CT molecular complexity index is 853. The van der Waals surface area contributed by atoms with Crippen molar-refractivity contribution >= 4 is 16.0 Å². The Kier molecular flexibility index (Phi) is 5.65. The number of likely N-dealkylation sites (N-methyl/N-ethyl adjacent to an activating group) is 1. The zero-order valence-electron chi connectivity index (χ0n) is 14.9. The van der Waals surface area contributed by atoms with Gasteiger partial charge in [-0.2, -0.15) is 4.31 Å². The zero-order chi connectivity index (χ0) is 18.8. The van der Waals surface area contributed by atoms with E-state index in [-0.39, 0.29) is 11.3 Å². The molecule has 0 saturated heterocycles. The zero-order valence-corrected chi connectivity index (χ0v) is 15.7. The molecule has 0 spiro atoms. The molecule has 0 aliphatic heterocycles. The normalized spacial score (nSPS) is 13.0. The molecule has 0 aliphatic carbocycles. The van der Waals surface area contributed by atoms with Gasteiger partial charge in [0.2, 0.25) is 10.0 Å². The molecule has 0 bridgehead atoms. The molecular weight excluding hydrogens is 338 g/mol. The number of nitrogens with zero attached hydrogens (tertiary/aromatic N) is 1. The van der Waals surface area contributed by atoms with Gasteiger partial charge in [-0.05, 0) is 49.6 Å². The minimum absolute atomic E-state index is 0.0911. The van der Waals surface area contributed by atoms with E-state index in [1.165, 1.54) is 19.2 Å². The van der Waals surface area contributed by atoms with E-state index in [9.17, 15) is 18.3 Å². The van der Waals surface area contributed by atoms with Crippen LogP contribution in [0, 0.1) is 20.8 Å². The number of carboxylic acid groups (broad SMARTS) is 1. The van der Waals surface area contributed by atoms with Crippen LogP contribution >= 0.6 is 0 Å². The van der Waals surface area contributed by atoms with Gasteiger partial charge in [0, 0.05) is 13.5 Å². The summed E-state index contributed by atoms with van der Waals surface area (Å²) in [6, 6.07) is 10.9. The smallest absolute Gasteiger partial charge is 0.322 e. The first-order chi connectivity index (χ1) is 11.6. The number of aliphatic carboxylic acids is 1. The highest BCUT2D eigenvalue weighted by Gasteiger charge is 2.33. The summed E-state index contributed by atoms with van der Waals surface area (Å²) >= 11 is 0. The van der Waals surface area contributed by atoms with Crippen LogP contribution in [0.3, 0.4) is 0 Å². The Morgan fingerprint density at radius 1 is 1.04 bits per heavy atom. The fourth-order valence-corrected chi connectivity index (χ4v) is 4.09. The van der Waals surface area contributed by atoms with Crippen molar-refractivity contribution in [1.29, 1.82) is 0 Å². The van der Waals surface area contributed by atoms with Crippen molar-refractivity contribution in [3.63, 3.8) is 0 Å². The molecule has 25 heavy (non-hydrogen) atoms. The number of carboxylic acids is 1. The third kappa shape index (κ3) is 4.08. The Labute approximate surface area is 149 Å². The number of benzene rings is 2. The van der Waals surface area contributed by atoms with Crippen LogP contribution in [0.4, 0.5) is 0 Å². The van der Waals surface area contributed by atoms with E-state index in [4.69, 9.17) is 0 Å². The van der Waals surface area contributed by atoms with Gasteiger partial charge >= 0.3 is 5.97 Å². The maximum absolute atomic E-state index is 12.8. The molecule has 0 fully saturated rings. The lowest BCUT2D eigenvalue weighted by molar-refractivity contribution is -0.141. The third-order valence-corrected chi connectivity index (χ3v) is 6.34. The quantitative estimate of drug-likeness (QED) is 0.858. The number of aryl methyl sites for hydroxylation is 3. The summed E-state index contributed by atoms with van der Waals surface area (Å²) in [5.41, 5.74) is 3.70. The average Bonchev–Trinajstić information content (AvgIpc) is 2.54. The lowest BCUT2D eigenvalue weighted by atomic mass is 9.96. The molecular formula is C19H23NO4S. The molecule has 0 heterocycles. The molecule has 1 N–H and O–H groups in total. The molecule has 2 rings (SSSR count). The van der Waals surface area contributed by atoms with Crippen LogP contribution in [0.1, 0.15) is 22.3 Å². The number of sulfonamides is 1. The summed E-state index contributed by atoms with van der Waals surface area (Å²) in [6.07, 6.45) is 0.120. The number of rotatable bonds is 6. The third-order valence-electron chi connectivity index (χ3n) is 4.46. The van der Waals surface area contributed by atoms with Crippen LogP contribution in [0.5, 0.6) is 0 Å². The van der Waals surface area contributed by atoms with Gasteiger partial charge in [-0.15, -0.1) is 0 Å². The van der Waals surface area contributed by atoms with Gasteiger partial charge in [0.1, 0.15) is 6.04 Å². The van der Waals surface area contributed by atoms with Crippen LogP contribution < -0.4 is 0 Å². The summed E-state index contributed by atoms with van der Waals surface area (Å²) in [6.45, 7) is 5.66. The monoisotopic (exact) mass is 361 g/mol. The van der Waals surface area contributed by atoms with Crippen LogP contribution in [-0.4, -0.2) is 36.9 Å². The van der Waals surface area contributed by atoms with Gasteiger partial charge in [-0.1, -0.05) is 35.9 Å². The first-order valence-corrected chi connectivity index (χ1v) is 9.41. The molecule has 2 aromatic rings. The molecule has 0 amide bonds. The standard InChI is InChI=1S/C19H23NO4S/c1-13-8-10-16(11-9-13)25(23,24)20(4)18(19(21)22)12-17-14(2)6-5-7-15(17)3/h5-11,18H,12H2,1-4H3,(H,21,22). The molecule has 0 aliphatic rings. The van der Waals surface area contributed by atoms with Gasteiger partial charge in [0.05, 0.1) is 4.90 Å². The minimum Gasteiger partial charge on any atom is -0.480 e. The van der Waals surface area contributed by atoms with Gasteiger partial charge in [-0.3, -0.25) is 4.79 Å². The van der Waals surface area contributed by atoms with E-state index in [1.807, 2.05) is 39.0 Å². The lowest BCUT2D eigenvalue weighted by Gasteiger charge is -2.25. The second kappa shape index (κ2) is 7.37. The van der Waals surface area contributed by atoms with Gasteiger partial charge in [-0.25, -0.2) is 8.42 Å². The average molecular weight is 361 g/mol. The summed E-state index contributed by atoms with van der Waals surface area (Å²) < 4.78 is 26.6. The Morgan fingerprint density at radius 3 is 2.04 bits per heavy atom. The highest BCUT2D eigenvalue weighted by molar-refractivity contribution is 7.89. The Morgan fingerprint density at radius 2 is 1.56 bits per heavy atom. The fraction of sp³-hybridized carbons (Fsp3) is 0.316. The first kappa shape index (κ1) is 19.1. The molecule has 1 unspecified atom stereocenters. The van der Waals surface area contributed by atoms with Crippen molar-refractivity contribution in [3.8, 4) is 0 Å².